The fraction of sp³-hybridized carbons (Fsp3) is 0.0714. The summed E-state index contributed by atoms with van der Waals surface area (Å²) in [7, 11) is 0. The molecule has 0 aliphatic rings. The van der Waals surface area contributed by atoms with Crippen LogP contribution in [0.4, 0.5) is 4.39 Å². The van der Waals surface area contributed by atoms with Gasteiger partial charge in [0.05, 0.1) is 0 Å². The summed E-state index contributed by atoms with van der Waals surface area (Å²) in [5.41, 5.74) is 7.18. The molecule has 0 heterocycles. The minimum atomic E-state index is -0.264. The first kappa shape index (κ1) is 12.6. The molecule has 0 aliphatic carbocycles. The van der Waals surface area contributed by atoms with Crippen molar-refractivity contribution in [3.05, 3.63) is 59.4 Å². The van der Waals surface area contributed by atoms with Crippen molar-refractivity contribution in [1.82, 2.24) is 0 Å². The lowest BCUT2D eigenvalue weighted by Crippen LogP contribution is -2.12. The molecule has 0 radical (unpaired) electrons. The van der Waals surface area contributed by atoms with Crippen LogP contribution in [0.1, 0.15) is 11.1 Å². The third kappa shape index (κ3) is 2.54. The van der Waals surface area contributed by atoms with E-state index in [1.54, 1.807) is 24.3 Å². The first-order valence-electron chi connectivity index (χ1n) is 5.46. The van der Waals surface area contributed by atoms with Crippen molar-refractivity contribution in [2.45, 2.75) is 16.7 Å². The van der Waals surface area contributed by atoms with Crippen molar-refractivity contribution < 1.29 is 4.39 Å². The first-order valence-corrected chi connectivity index (χ1v) is 6.27. The molecule has 0 saturated carbocycles. The average molecular weight is 260 g/mol. The molecule has 2 aromatic carbocycles. The molecule has 2 rings (SSSR count). The molecule has 0 spiro atoms. The fourth-order valence-corrected chi connectivity index (χ4v) is 2.69. The minimum absolute atomic E-state index is 0.00228. The molecule has 0 aliphatic heterocycles. The van der Waals surface area contributed by atoms with Gasteiger partial charge < -0.3 is 5.73 Å². The molecule has 3 N–H and O–H groups in total. The van der Waals surface area contributed by atoms with Gasteiger partial charge in [0, 0.05) is 15.4 Å². The number of aryl methyl sites for hydroxylation is 1. The Kier molecular flexibility index (Phi) is 3.67. The van der Waals surface area contributed by atoms with Crippen LogP contribution >= 0.6 is 11.8 Å². The maximum Gasteiger partial charge on any atom is 0.137 e. The number of nitrogen functional groups attached to an aromatic ring is 1. The summed E-state index contributed by atoms with van der Waals surface area (Å²) in [5, 5.41) is 7.56. The van der Waals surface area contributed by atoms with Gasteiger partial charge in [-0.3, -0.25) is 5.41 Å². The van der Waals surface area contributed by atoms with Crippen molar-refractivity contribution in [2.75, 3.05) is 0 Å². The lowest BCUT2D eigenvalue weighted by molar-refractivity contribution is 0.602. The summed E-state index contributed by atoms with van der Waals surface area (Å²) < 4.78 is 13.6. The second kappa shape index (κ2) is 5.23. The predicted octanol–water partition coefficient (Wildman–Crippen LogP) is 3.57. The summed E-state index contributed by atoms with van der Waals surface area (Å²) in [6, 6.07) is 12.1. The van der Waals surface area contributed by atoms with E-state index in [0.29, 0.717) is 10.5 Å². The summed E-state index contributed by atoms with van der Waals surface area (Å²) >= 11 is 1.30. The van der Waals surface area contributed by atoms with E-state index in [1.807, 2.05) is 19.1 Å². The Bertz CT molecular complexity index is 596. The summed E-state index contributed by atoms with van der Waals surface area (Å²) in [5.74, 6) is -0.266. The number of amidine groups is 1. The topological polar surface area (TPSA) is 49.9 Å². The maximum absolute atomic E-state index is 13.6. The van der Waals surface area contributed by atoms with Gasteiger partial charge in [-0.05, 0) is 24.6 Å². The van der Waals surface area contributed by atoms with E-state index in [2.05, 4.69) is 0 Å². The SMILES string of the molecule is Cc1cccc(C(=N)N)c1Sc1ccccc1F. The predicted molar refractivity (Wildman–Crippen MR) is 72.7 cm³/mol. The smallest absolute Gasteiger partial charge is 0.137 e. The van der Waals surface area contributed by atoms with Crippen LogP contribution in [-0.4, -0.2) is 5.84 Å². The zero-order valence-corrected chi connectivity index (χ0v) is 10.7. The Morgan fingerprint density at radius 3 is 2.56 bits per heavy atom. The molecule has 2 nitrogen and oxygen atoms in total. The van der Waals surface area contributed by atoms with Crippen LogP contribution in [0.5, 0.6) is 0 Å². The number of rotatable bonds is 3. The Hall–Kier alpha value is -1.81. The Balaban J connectivity index is 2.46. The van der Waals surface area contributed by atoms with E-state index in [9.17, 15) is 4.39 Å². The van der Waals surface area contributed by atoms with E-state index in [0.717, 1.165) is 10.5 Å². The second-order valence-corrected chi connectivity index (χ2v) is 4.95. The van der Waals surface area contributed by atoms with E-state index >= 15 is 0 Å². The number of hydrogen-bond donors (Lipinski definition) is 2. The lowest BCUT2D eigenvalue weighted by atomic mass is 10.1. The summed E-state index contributed by atoms with van der Waals surface area (Å²) in [4.78, 5) is 1.37. The van der Waals surface area contributed by atoms with Gasteiger partial charge >= 0.3 is 0 Å². The van der Waals surface area contributed by atoms with Crippen LogP contribution in [0, 0.1) is 18.2 Å². The molecule has 92 valence electrons. The van der Waals surface area contributed by atoms with Gasteiger partial charge in [0.25, 0.3) is 0 Å². The Morgan fingerprint density at radius 1 is 1.17 bits per heavy atom. The standard InChI is InChI=1S/C14H13FN2S/c1-9-5-4-6-10(14(16)17)13(9)18-12-8-3-2-7-11(12)15/h2-8H,1H3,(H3,16,17). The molecule has 18 heavy (non-hydrogen) atoms. The van der Waals surface area contributed by atoms with Crippen molar-refractivity contribution in [2.24, 2.45) is 5.73 Å². The van der Waals surface area contributed by atoms with E-state index in [-0.39, 0.29) is 11.7 Å². The van der Waals surface area contributed by atoms with Gasteiger partial charge in [-0.1, -0.05) is 42.1 Å². The average Bonchev–Trinajstić information content (AvgIpc) is 2.34. The van der Waals surface area contributed by atoms with Crippen LogP contribution in [-0.2, 0) is 0 Å². The highest BCUT2D eigenvalue weighted by Gasteiger charge is 2.11. The number of nitrogens with one attached hydrogen (secondary N) is 1. The van der Waals surface area contributed by atoms with Gasteiger partial charge in [0.2, 0.25) is 0 Å². The highest BCUT2D eigenvalue weighted by Crippen LogP contribution is 2.34. The number of benzene rings is 2. The normalized spacial score (nSPS) is 10.3. The molecule has 0 aromatic heterocycles. The summed E-state index contributed by atoms with van der Waals surface area (Å²) in [6.07, 6.45) is 0. The molecule has 0 saturated heterocycles. The van der Waals surface area contributed by atoms with Crippen molar-refractivity contribution in [3.63, 3.8) is 0 Å². The van der Waals surface area contributed by atoms with Crippen LogP contribution in [0.3, 0.4) is 0 Å². The molecule has 0 atom stereocenters. The van der Waals surface area contributed by atoms with Gasteiger partial charge in [0.15, 0.2) is 0 Å². The van der Waals surface area contributed by atoms with Crippen molar-refractivity contribution in [3.8, 4) is 0 Å². The van der Waals surface area contributed by atoms with E-state index < -0.39 is 0 Å². The third-order valence-electron chi connectivity index (χ3n) is 2.55. The number of nitrogens with two attached hydrogens (primary N) is 1. The highest BCUT2D eigenvalue weighted by atomic mass is 32.2. The largest absolute Gasteiger partial charge is 0.384 e. The Morgan fingerprint density at radius 2 is 1.89 bits per heavy atom. The first-order chi connectivity index (χ1) is 8.59. The molecule has 0 amide bonds. The van der Waals surface area contributed by atoms with E-state index in [1.165, 1.54) is 17.8 Å². The van der Waals surface area contributed by atoms with Crippen LogP contribution in [0.25, 0.3) is 0 Å². The monoisotopic (exact) mass is 260 g/mol. The van der Waals surface area contributed by atoms with Crippen molar-refractivity contribution in [1.29, 1.82) is 5.41 Å². The minimum Gasteiger partial charge on any atom is -0.384 e. The number of halogens is 1. The summed E-state index contributed by atoms with van der Waals surface area (Å²) in [6.45, 7) is 1.93. The molecule has 0 bridgehead atoms. The fourth-order valence-electron chi connectivity index (χ4n) is 1.64. The maximum atomic E-state index is 13.6. The van der Waals surface area contributed by atoms with Crippen LogP contribution in [0.15, 0.2) is 52.3 Å². The van der Waals surface area contributed by atoms with Gasteiger partial charge in [-0.25, -0.2) is 4.39 Å². The number of hydrogen-bond acceptors (Lipinski definition) is 2. The molecule has 0 unspecified atom stereocenters. The molecular formula is C14H13FN2S. The van der Waals surface area contributed by atoms with Crippen LogP contribution < -0.4 is 5.73 Å². The lowest BCUT2D eigenvalue weighted by Gasteiger charge is -2.11. The molecule has 0 fully saturated rings. The zero-order valence-electron chi connectivity index (χ0n) is 9.91. The second-order valence-electron chi connectivity index (χ2n) is 3.90. The quantitative estimate of drug-likeness (QED) is 0.654. The van der Waals surface area contributed by atoms with Crippen LogP contribution in [0.2, 0.25) is 0 Å². The van der Waals surface area contributed by atoms with Crippen molar-refractivity contribution >= 4 is 17.6 Å². The molecule has 4 heteroatoms. The zero-order chi connectivity index (χ0) is 13.1. The van der Waals surface area contributed by atoms with Gasteiger partial charge in [-0.15, -0.1) is 0 Å². The molecular weight excluding hydrogens is 247 g/mol. The third-order valence-corrected chi connectivity index (χ3v) is 3.85. The van der Waals surface area contributed by atoms with E-state index in [4.69, 9.17) is 11.1 Å². The Labute approximate surface area is 110 Å². The van der Waals surface area contributed by atoms with Gasteiger partial charge in [0.1, 0.15) is 11.7 Å². The highest BCUT2D eigenvalue weighted by molar-refractivity contribution is 7.99. The van der Waals surface area contributed by atoms with Gasteiger partial charge in [-0.2, -0.15) is 0 Å². The molecule has 2 aromatic rings.